The molecule has 1 fully saturated rings. The molecule has 2 aromatic carbocycles. The van der Waals surface area contributed by atoms with Crippen LogP contribution in [0.3, 0.4) is 0 Å². The Hall–Kier alpha value is -2.51. The Morgan fingerprint density at radius 2 is 1.42 bits per heavy atom. The van der Waals surface area contributed by atoms with Crippen LogP contribution in [0.2, 0.25) is 0 Å². The van der Waals surface area contributed by atoms with Gasteiger partial charge in [-0.2, -0.15) is 0 Å². The van der Waals surface area contributed by atoms with Crippen molar-refractivity contribution in [3.63, 3.8) is 0 Å². The van der Waals surface area contributed by atoms with Gasteiger partial charge in [0.2, 0.25) is 0 Å². The van der Waals surface area contributed by atoms with Crippen molar-refractivity contribution in [1.82, 2.24) is 9.80 Å². The highest BCUT2D eigenvalue weighted by atomic mass is 19.1. The van der Waals surface area contributed by atoms with Crippen molar-refractivity contribution >= 4 is 6.09 Å². The van der Waals surface area contributed by atoms with Gasteiger partial charge >= 0.3 is 6.09 Å². The minimum atomic E-state index is -0.543. The molecule has 0 radical (unpaired) electrons. The number of hydrogen-bond donors (Lipinski definition) is 1. The Morgan fingerprint density at radius 3 is 1.81 bits per heavy atom. The van der Waals surface area contributed by atoms with Crippen LogP contribution in [-0.2, 0) is 4.74 Å². The molecule has 1 aliphatic rings. The van der Waals surface area contributed by atoms with E-state index >= 15 is 0 Å². The number of aliphatic hydroxyl groups excluding tert-OH is 1. The van der Waals surface area contributed by atoms with Crippen molar-refractivity contribution < 1.29 is 23.4 Å². The van der Waals surface area contributed by atoms with Gasteiger partial charge < -0.3 is 14.7 Å². The molecule has 170 valence electrons. The van der Waals surface area contributed by atoms with Crippen molar-refractivity contribution in [2.45, 2.75) is 45.4 Å². The Bertz CT molecular complexity index is 790. The molecule has 0 bridgehead atoms. The molecule has 1 atom stereocenters. The van der Waals surface area contributed by atoms with Crippen LogP contribution in [0.4, 0.5) is 13.6 Å². The highest BCUT2D eigenvalue weighted by molar-refractivity contribution is 5.68. The fraction of sp³-hybridized carbons (Fsp3) is 0.458. The second kappa shape index (κ2) is 10.7. The summed E-state index contributed by atoms with van der Waals surface area (Å²) < 4.78 is 32.5. The lowest BCUT2D eigenvalue weighted by molar-refractivity contribution is -0.00223. The van der Waals surface area contributed by atoms with E-state index in [9.17, 15) is 13.6 Å². The van der Waals surface area contributed by atoms with E-state index in [0.29, 0.717) is 19.6 Å². The molecular formula is C24H32F2N2O3. The molecule has 0 saturated carbocycles. The molecule has 3 rings (SSSR count). The van der Waals surface area contributed by atoms with E-state index in [2.05, 4.69) is 4.90 Å². The summed E-state index contributed by atoms with van der Waals surface area (Å²) in [5, 5.41) is 7.00. The minimum absolute atomic E-state index is 0.0537. The summed E-state index contributed by atoms with van der Waals surface area (Å²) in [7, 11) is 1.00. The third-order valence-corrected chi connectivity index (χ3v) is 5.02. The maximum Gasteiger partial charge on any atom is 0.410 e. The van der Waals surface area contributed by atoms with E-state index in [1.807, 2.05) is 27.7 Å². The first-order valence-electron chi connectivity index (χ1n) is 10.3. The molecule has 0 aromatic heterocycles. The zero-order valence-electron chi connectivity index (χ0n) is 18.8. The first kappa shape index (κ1) is 24.8. The molecule has 0 spiro atoms. The third kappa shape index (κ3) is 6.74. The van der Waals surface area contributed by atoms with Crippen LogP contribution in [0.15, 0.2) is 48.5 Å². The first-order chi connectivity index (χ1) is 14.6. The van der Waals surface area contributed by atoms with Crippen molar-refractivity contribution in [1.29, 1.82) is 0 Å². The lowest BCUT2D eigenvalue weighted by Crippen LogP contribution is -2.55. The largest absolute Gasteiger partial charge is 0.444 e. The molecule has 5 nitrogen and oxygen atoms in total. The quantitative estimate of drug-likeness (QED) is 0.767. The second-order valence-electron chi connectivity index (χ2n) is 8.52. The maximum absolute atomic E-state index is 13.5. The second-order valence-corrected chi connectivity index (χ2v) is 8.52. The third-order valence-electron chi connectivity index (χ3n) is 5.02. The number of piperazine rings is 1. The van der Waals surface area contributed by atoms with Gasteiger partial charge in [0.15, 0.2) is 0 Å². The lowest BCUT2D eigenvalue weighted by Gasteiger charge is -2.43. The highest BCUT2D eigenvalue weighted by Gasteiger charge is 2.34. The van der Waals surface area contributed by atoms with E-state index in [0.717, 1.165) is 18.2 Å². The number of hydrogen-bond acceptors (Lipinski definition) is 4. The molecular weight excluding hydrogens is 402 g/mol. The molecule has 7 heteroatoms. The number of ether oxygens (including phenoxy) is 1. The van der Waals surface area contributed by atoms with Gasteiger partial charge in [0.1, 0.15) is 17.2 Å². The maximum atomic E-state index is 13.5. The molecule has 1 N–H and O–H groups in total. The Morgan fingerprint density at radius 1 is 0.968 bits per heavy atom. The molecule has 1 amide bonds. The zero-order valence-corrected chi connectivity index (χ0v) is 18.8. The van der Waals surface area contributed by atoms with Gasteiger partial charge in [-0.1, -0.05) is 24.3 Å². The molecule has 1 heterocycles. The fourth-order valence-corrected chi connectivity index (χ4v) is 3.72. The standard InChI is InChI=1S/C23H28F2N2O2.CH4O/c1-16-15-26(13-14-27(16)22(28)29-23(2,3)4)21(17-5-9-19(24)10-6-17)18-7-11-20(25)12-8-18;1-2/h5-12,16,21H,13-15H2,1-4H3;2H,1H3. The number of carbonyl (C=O) groups excluding carboxylic acids is 1. The van der Waals surface area contributed by atoms with Crippen molar-refractivity contribution in [3.05, 3.63) is 71.3 Å². The number of nitrogens with zero attached hydrogens (tertiary/aromatic N) is 2. The topological polar surface area (TPSA) is 53.0 Å². The van der Waals surface area contributed by atoms with Gasteiger partial charge in [0.25, 0.3) is 0 Å². The summed E-state index contributed by atoms with van der Waals surface area (Å²) >= 11 is 0. The van der Waals surface area contributed by atoms with Crippen LogP contribution in [0.25, 0.3) is 0 Å². The summed E-state index contributed by atoms with van der Waals surface area (Å²) in [6.07, 6.45) is -0.315. The first-order valence-corrected chi connectivity index (χ1v) is 10.3. The number of rotatable bonds is 3. The average molecular weight is 435 g/mol. The van der Waals surface area contributed by atoms with E-state index in [4.69, 9.17) is 9.84 Å². The van der Waals surface area contributed by atoms with Gasteiger partial charge in [0.05, 0.1) is 6.04 Å². The van der Waals surface area contributed by atoms with Gasteiger partial charge in [-0.3, -0.25) is 4.90 Å². The minimum Gasteiger partial charge on any atom is -0.444 e. The Balaban J connectivity index is 0.00000166. The average Bonchev–Trinajstić information content (AvgIpc) is 2.71. The summed E-state index contributed by atoms with van der Waals surface area (Å²) in [6.45, 7) is 9.32. The van der Waals surface area contributed by atoms with Crippen LogP contribution < -0.4 is 0 Å². The Labute approximate surface area is 183 Å². The molecule has 1 aliphatic heterocycles. The van der Waals surface area contributed by atoms with E-state index < -0.39 is 5.60 Å². The molecule has 31 heavy (non-hydrogen) atoms. The number of amides is 1. The van der Waals surface area contributed by atoms with Gasteiger partial charge in [0, 0.05) is 32.8 Å². The predicted octanol–water partition coefficient (Wildman–Crippen LogP) is 4.60. The zero-order chi connectivity index (χ0) is 23.2. The van der Waals surface area contributed by atoms with Crippen molar-refractivity contribution in [2.75, 3.05) is 26.7 Å². The summed E-state index contributed by atoms with van der Waals surface area (Å²) in [5.41, 5.74) is 1.31. The van der Waals surface area contributed by atoms with Crippen molar-refractivity contribution in [2.24, 2.45) is 0 Å². The van der Waals surface area contributed by atoms with Crippen LogP contribution in [-0.4, -0.2) is 59.4 Å². The van der Waals surface area contributed by atoms with E-state index in [-0.39, 0.29) is 29.8 Å². The SMILES string of the molecule is CC1CN(C(c2ccc(F)cc2)c2ccc(F)cc2)CCN1C(=O)OC(C)(C)C.CO. The van der Waals surface area contributed by atoms with Crippen LogP contribution in [0.1, 0.15) is 44.9 Å². The summed E-state index contributed by atoms with van der Waals surface area (Å²) in [5.74, 6) is -0.593. The van der Waals surface area contributed by atoms with Crippen LogP contribution in [0.5, 0.6) is 0 Å². The predicted molar refractivity (Wildman–Crippen MR) is 117 cm³/mol. The number of carbonyl (C=O) groups is 1. The fourth-order valence-electron chi connectivity index (χ4n) is 3.72. The van der Waals surface area contributed by atoms with Gasteiger partial charge in [-0.15, -0.1) is 0 Å². The molecule has 1 saturated heterocycles. The summed E-state index contributed by atoms with van der Waals surface area (Å²) in [6, 6.07) is 12.6. The number of aliphatic hydroxyl groups is 1. The molecule has 2 aromatic rings. The van der Waals surface area contributed by atoms with Crippen LogP contribution >= 0.6 is 0 Å². The molecule has 1 unspecified atom stereocenters. The Kier molecular flexibility index (Phi) is 8.53. The number of benzene rings is 2. The monoisotopic (exact) mass is 434 g/mol. The van der Waals surface area contributed by atoms with E-state index in [1.165, 1.54) is 24.3 Å². The van der Waals surface area contributed by atoms with Gasteiger partial charge in [-0.05, 0) is 63.1 Å². The normalized spacial score (nSPS) is 17.2. The molecule has 0 aliphatic carbocycles. The summed E-state index contributed by atoms with van der Waals surface area (Å²) in [4.78, 5) is 16.5. The lowest BCUT2D eigenvalue weighted by atomic mass is 9.95. The highest BCUT2D eigenvalue weighted by Crippen LogP contribution is 2.31. The number of halogens is 2. The van der Waals surface area contributed by atoms with Crippen molar-refractivity contribution in [3.8, 4) is 0 Å². The van der Waals surface area contributed by atoms with Gasteiger partial charge in [-0.25, -0.2) is 13.6 Å². The smallest absolute Gasteiger partial charge is 0.410 e. The van der Waals surface area contributed by atoms with Crippen LogP contribution in [0, 0.1) is 11.6 Å². The van der Waals surface area contributed by atoms with E-state index in [1.54, 1.807) is 29.2 Å².